The van der Waals surface area contributed by atoms with Gasteiger partial charge >= 0.3 is 0 Å². The van der Waals surface area contributed by atoms with Crippen molar-refractivity contribution in [3.05, 3.63) is 34.9 Å². The molecule has 2 bridgehead atoms. The van der Waals surface area contributed by atoms with Gasteiger partial charge in [0.1, 0.15) is 11.5 Å². The standard InChI is InChI=1S/C22H32N4O2/c1-14(2)6-5-9-26-12-18-17(20-7-8-22(18,13-26)28-20)11-23-21(27)19-10-15(3)24-16(4)25-19/h6,10,17-18,20H,5,7-9,11-13H2,1-4H3,(H,23,27)/t17-,18+,20+,22+/m0/s1. The Hall–Kier alpha value is -1.79. The molecule has 152 valence electrons. The van der Waals surface area contributed by atoms with Crippen LogP contribution in [-0.4, -0.2) is 58.7 Å². The van der Waals surface area contributed by atoms with Gasteiger partial charge in [0.15, 0.2) is 0 Å². The summed E-state index contributed by atoms with van der Waals surface area (Å²) in [7, 11) is 0. The molecule has 1 aromatic rings. The van der Waals surface area contributed by atoms with Crippen molar-refractivity contribution in [2.24, 2.45) is 11.8 Å². The molecule has 0 aliphatic carbocycles. The molecule has 4 rings (SSSR count). The fraction of sp³-hybridized carbons (Fsp3) is 0.682. The molecule has 1 N–H and O–H groups in total. The second kappa shape index (κ2) is 7.56. The minimum Gasteiger partial charge on any atom is -0.370 e. The van der Waals surface area contributed by atoms with E-state index < -0.39 is 0 Å². The van der Waals surface area contributed by atoms with E-state index in [2.05, 4.69) is 40.1 Å². The Morgan fingerprint density at radius 2 is 2.21 bits per heavy atom. The van der Waals surface area contributed by atoms with Gasteiger partial charge in [-0.15, -0.1) is 0 Å². The maximum absolute atomic E-state index is 12.6. The molecule has 3 fully saturated rings. The highest BCUT2D eigenvalue weighted by Gasteiger charge is 2.62. The van der Waals surface area contributed by atoms with E-state index in [1.807, 2.05) is 13.8 Å². The van der Waals surface area contributed by atoms with Crippen molar-refractivity contribution in [3.8, 4) is 0 Å². The average molecular weight is 385 g/mol. The summed E-state index contributed by atoms with van der Waals surface area (Å²) in [5.41, 5.74) is 2.68. The maximum atomic E-state index is 12.6. The van der Waals surface area contributed by atoms with E-state index in [-0.39, 0.29) is 11.5 Å². The molecular weight excluding hydrogens is 352 g/mol. The van der Waals surface area contributed by atoms with E-state index >= 15 is 0 Å². The number of aromatic nitrogens is 2. The predicted molar refractivity (Wildman–Crippen MR) is 108 cm³/mol. The molecule has 28 heavy (non-hydrogen) atoms. The van der Waals surface area contributed by atoms with Crippen molar-refractivity contribution in [2.45, 2.75) is 58.7 Å². The van der Waals surface area contributed by atoms with Crippen LogP contribution in [0.15, 0.2) is 17.7 Å². The lowest BCUT2D eigenvalue weighted by Gasteiger charge is -2.29. The summed E-state index contributed by atoms with van der Waals surface area (Å²) in [6, 6.07) is 1.75. The lowest BCUT2D eigenvalue weighted by Crippen LogP contribution is -2.42. The third-order valence-electron chi connectivity index (χ3n) is 6.55. The lowest BCUT2D eigenvalue weighted by atomic mass is 9.73. The first-order chi connectivity index (χ1) is 13.4. The highest BCUT2D eigenvalue weighted by molar-refractivity contribution is 5.92. The number of aryl methyl sites for hydroxylation is 2. The number of fused-ring (bicyclic) bond motifs is 1. The van der Waals surface area contributed by atoms with Crippen molar-refractivity contribution in [1.82, 2.24) is 20.2 Å². The topological polar surface area (TPSA) is 67.4 Å². The highest BCUT2D eigenvalue weighted by Crippen LogP contribution is 2.54. The van der Waals surface area contributed by atoms with Crippen LogP contribution >= 0.6 is 0 Å². The number of amides is 1. The van der Waals surface area contributed by atoms with Gasteiger partial charge in [0.25, 0.3) is 5.91 Å². The van der Waals surface area contributed by atoms with Gasteiger partial charge in [-0.25, -0.2) is 9.97 Å². The molecule has 0 saturated carbocycles. The zero-order valence-electron chi connectivity index (χ0n) is 17.5. The molecule has 3 aliphatic rings. The number of hydrogen-bond donors (Lipinski definition) is 1. The number of likely N-dealkylation sites (tertiary alicyclic amines) is 1. The van der Waals surface area contributed by atoms with Crippen LogP contribution in [-0.2, 0) is 4.74 Å². The minimum absolute atomic E-state index is 0.0210. The van der Waals surface area contributed by atoms with Crippen LogP contribution in [0.25, 0.3) is 0 Å². The maximum Gasteiger partial charge on any atom is 0.270 e. The Balaban J connectivity index is 1.38. The normalized spacial score (nSPS) is 31.1. The van der Waals surface area contributed by atoms with Crippen molar-refractivity contribution in [2.75, 3.05) is 26.2 Å². The summed E-state index contributed by atoms with van der Waals surface area (Å²) >= 11 is 0. The van der Waals surface area contributed by atoms with Gasteiger partial charge in [-0.05, 0) is 53.0 Å². The number of carbonyl (C=O) groups is 1. The Bertz CT molecular complexity index is 768. The van der Waals surface area contributed by atoms with Crippen LogP contribution in [0.5, 0.6) is 0 Å². The molecule has 6 heteroatoms. The molecular formula is C22H32N4O2. The summed E-state index contributed by atoms with van der Waals surface area (Å²) in [6.45, 7) is 11.9. The van der Waals surface area contributed by atoms with Crippen molar-refractivity contribution in [1.29, 1.82) is 0 Å². The first-order valence-corrected chi connectivity index (χ1v) is 10.5. The number of ether oxygens (including phenoxy) is 1. The number of nitrogens with one attached hydrogen (secondary N) is 1. The zero-order chi connectivity index (χ0) is 19.9. The molecule has 0 unspecified atom stereocenters. The van der Waals surface area contributed by atoms with Gasteiger partial charge < -0.3 is 10.1 Å². The van der Waals surface area contributed by atoms with Gasteiger partial charge in [0.2, 0.25) is 0 Å². The van der Waals surface area contributed by atoms with E-state index in [0.29, 0.717) is 36.0 Å². The van der Waals surface area contributed by atoms with Gasteiger partial charge in [-0.1, -0.05) is 11.6 Å². The van der Waals surface area contributed by atoms with Crippen LogP contribution in [0, 0.1) is 25.7 Å². The third-order valence-corrected chi connectivity index (χ3v) is 6.55. The molecule has 6 nitrogen and oxygen atoms in total. The Morgan fingerprint density at radius 3 is 2.96 bits per heavy atom. The summed E-state index contributed by atoms with van der Waals surface area (Å²) in [6.07, 6.45) is 5.98. The van der Waals surface area contributed by atoms with E-state index in [0.717, 1.165) is 44.6 Å². The molecule has 1 amide bonds. The second-order valence-corrected chi connectivity index (χ2v) is 8.99. The van der Waals surface area contributed by atoms with E-state index in [4.69, 9.17) is 4.74 Å². The number of rotatable bonds is 6. The monoisotopic (exact) mass is 384 g/mol. The zero-order valence-corrected chi connectivity index (χ0v) is 17.5. The number of carbonyl (C=O) groups excluding carboxylic acids is 1. The summed E-state index contributed by atoms with van der Waals surface area (Å²) in [4.78, 5) is 23.7. The molecule has 4 atom stereocenters. The van der Waals surface area contributed by atoms with E-state index in [1.165, 1.54) is 5.57 Å². The van der Waals surface area contributed by atoms with Crippen LogP contribution in [0.4, 0.5) is 0 Å². The second-order valence-electron chi connectivity index (χ2n) is 8.99. The molecule has 1 spiro atoms. The molecule has 3 saturated heterocycles. The van der Waals surface area contributed by atoms with E-state index in [1.54, 1.807) is 6.07 Å². The van der Waals surface area contributed by atoms with Crippen molar-refractivity contribution in [3.63, 3.8) is 0 Å². The third kappa shape index (κ3) is 3.72. The quantitative estimate of drug-likeness (QED) is 0.764. The number of allylic oxidation sites excluding steroid dienone is 1. The Morgan fingerprint density at radius 1 is 1.39 bits per heavy atom. The van der Waals surface area contributed by atoms with Crippen LogP contribution in [0.3, 0.4) is 0 Å². The first-order valence-electron chi connectivity index (χ1n) is 10.5. The first kappa shape index (κ1) is 19.5. The van der Waals surface area contributed by atoms with E-state index in [9.17, 15) is 4.79 Å². The Kier molecular flexibility index (Phi) is 5.27. The van der Waals surface area contributed by atoms with Gasteiger partial charge in [-0.2, -0.15) is 0 Å². The molecule has 4 heterocycles. The Labute approximate surface area is 167 Å². The lowest BCUT2D eigenvalue weighted by molar-refractivity contribution is 0.00290. The fourth-order valence-electron chi connectivity index (χ4n) is 5.40. The summed E-state index contributed by atoms with van der Waals surface area (Å²) in [5, 5.41) is 3.13. The van der Waals surface area contributed by atoms with Gasteiger partial charge in [0, 0.05) is 43.7 Å². The molecule has 3 aliphatic heterocycles. The van der Waals surface area contributed by atoms with Crippen LogP contribution in [0.1, 0.15) is 55.1 Å². The van der Waals surface area contributed by atoms with Crippen molar-refractivity contribution >= 4 is 5.91 Å². The highest BCUT2D eigenvalue weighted by atomic mass is 16.5. The predicted octanol–water partition coefficient (Wildman–Crippen LogP) is 2.66. The summed E-state index contributed by atoms with van der Waals surface area (Å²) in [5.74, 6) is 1.45. The van der Waals surface area contributed by atoms with Crippen LogP contribution < -0.4 is 5.32 Å². The van der Waals surface area contributed by atoms with Gasteiger partial charge in [0.05, 0.1) is 11.7 Å². The summed E-state index contributed by atoms with van der Waals surface area (Å²) < 4.78 is 6.50. The minimum atomic E-state index is -0.108. The fourth-order valence-corrected chi connectivity index (χ4v) is 5.40. The average Bonchev–Trinajstić information content (AvgIpc) is 3.26. The van der Waals surface area contributed by atoms with Gasteiger partial charge in [-0.3, -0.25) is 9.69 Å². The van der Waals surface area contributed by atoms with Crippen LogP contribution in [0.2, 0.25) is 0 Å². The number of nitrogens with zero attached hydrogens (tertiary/aromatic N) is 3. The SMILES string of the molecule is CC(C)=CCCN1C[C@@H]2[C@H](CNC(=O)c3cc(C)nc(C)n3)[C@H]3CC[C@]2(C1)O3. The van der Waals surface area contributed by atoms with Crippen molar-refractivity contribution < 1.29 is 9.53 Å². The molecule has 0 radical (unpaired) electrons. The molecule has 1 aromatic heterocycles. The smallest absolute Gasteiger partial charge is 0.270 e. The largest absolute Gasteiger partial charge is 0.370 e. The molecule has 0 aromatic carbocycles. The number of hydrogen-bond acceptors (Lipinski definition) is 5.